The minimum Gasteiger partial charge on any atom is -0.292 e. The second kappa shape index (κ2) is 4.99. The highest BCUT2D eigenvalue weighted by atomic mass is 35.5. The average Bonchev–Trinajstić information content (AvgIpc) is 3.18. The smallest absolute Gasteiger partial charge is 0.255 e. The zero-order valence-electron chi connectivity index (χ0n) is 10.1. The number of hydrogen-bond donors (Lipinski definition) is 0. The molecule has 0 saturated heterocycles. The molecular weight excluding hydrogens is 283 g/mol. The Morgan fingerprint density at radius 2 is 2.00 bits per heavy atom. The Hall–Kier alpha value is -1.32. The van der Waals surface area contributed by atoms with E-state index in [1.165, 1.54) is 6.07 Å². The predicted octanol–water partition coefficient (Wildman–Crippen LogP) is 3.48. The molecule has 0 bridgehead atoms. The average molecular weight is 295 g/mol. The normalized spacial score (nSPS) is 14.6. The first-order valence-electron chi connectivity index (χ1n) is 6.16. The van der Waals surface area contributed by atoms with Crippen LogP contribution in [0.2, 0.25) is 10.2 Å². The van der Waals surface area contributed by atoms with Crippen LogP contribution in [0.1, 0.15) is 30.1 Å². The molecule has 1 heterocycles. The van der Waals surface area contributed by atoms with Crippen molar-refractivity contribution in [2.75, 3.05) is 0 Å². The Morgan fingerprint density at radius 1 is 1.26 bits per heavy atom. The fraction of sp³-hybridized carbons (Fsp3) is 0.286. The molecule has 0 atom stereocenters. The molecule has 0 unspecified atom stereocenters. The molecule has 0 spiro atoms. The molecular formula is C14H12Cl2N2O. The van der Waals surface area contributed by atoms with Crippen LogP contribution >= 0.6 is 23.2 Å². The molecule has 3 rings (SSSR count). The lowest BCUT2D eigenvalue weighted by atomic mass is 10.2. The Kier molecular flexibility index (Phi) is 3.33. The van der Waals surface area contributed by atoms with Gasteiger partial charge in [-0.1, -0.05) is 41.4 Å². The van der Waals surface area contributed by atoms with Crippen LogP contribution in [-0.2, 0) is 6.54 Å². The molecule has 1 aliphatic rings. The van der Waals surface area contributed by atoms with Gasteiger partial charge in [-0.3, -0.25) is 9.36 Å². The van der Waals surface area contributed by atoms with E-state index < -0.39 is 0 Å². The van der Waals surface area contributed by atoms with Crippen molar-refractivity contribution in [2.24, 2.45) is 0 Å². The van der Waals surface area contributed by atoms with Crippen LogP contribution in [0, 0.1) is 0 Å². The van der Waals surface area contributed by atoms with E-state index in [0.717, 1.165) is 24.2 Å². The van der Waals surface area contributed by atoms with Crippen LogP contribution in [0.5, 0.6) is 0 Å². The fourth-order valence-corrected chi connectivity index (χ4v) is 2.48. The predicted molar refractivity (Wildman–Crippen MR) is 76.0 cm³/mol. The number of rotatable bonds is 3. The van der Waals surface area contributed by atoms with Crippen molar-refractivity contribution in [3.05, 3.63) is 62.2 Å². The van der Waals surface area contributed by atoms with Gasteiger partial charge in [-0.25, -0.2) is 4.98 Å². The third-order valence-electron chi connectivity index (χ3n) is 3.24. The third-order valence-corrected chi connectivity index (χ3v) is 3.80. The van der Waals surface area contributed by atoms with Gasteiger partial charge in [0.05, 0.1) is 6.54 Å². The molecule has 1 aromatic carbocycles. The van der Waals surface area contributed by atoms with Crippen molar-refractivity contribution in [3.8, 4) is 0 Å². The zero-order valence-corrected chi connectivity index (χ0v) is 11.7. The van der Waals surface area contributed by atoms with E-state index in [2.05, 4.69) is 4.98 Å². The molecule has 19 heavy (non-hydrogen) atoms. The maximum Gasteiger partial charge on any atom is 0.255 e. The summed E-state index contributed by atoms with van der Waals surface area (Å²) < 4.78 is 1.67. The van der Waals surface area contributed by atoms with Gasteiger partial charge in [0.1, 0.15) is 11.0 Å². The van der Waals surface area contributed by atoms with Gasteiger partial charge in [0, 0.05) is 17.0 Å². The van der Waals surface area contributed by atoms with Gasteiger partial charge in [0.25, 0.3) is 5.56 Å². The fourth-order valence-electron chi connectivity index (χ4n) is 2.10. The summed E-state index contributed by atoms with van der Waals surface area (Å²) in [5, 5.41) is 0.924. The van der Waals surface area contributed by atoms with Crippen LogP contribution in [-0.4, -0.2) is 9.55 Å². The third kappa shape index (κ3) is 2.67. The summed E-state index contributed by atoms with van der Waals surface area (Å²) in [5.41, 5.74) is 0.791. The Morgan fingerprint density at radius 3 is 2.68 bits per heavy atom. The highest BCUT2D eigenvalue weighted by Gasteiger charge is 2.29. The largest absolute Gasteiger partial charge is 0.292 e. The van der Waals surface area contributed by atoms with Crippen molar-refractivity contribution >= 4 is 23.2 Å². The minimum absolute atomic E-state index is 0.123. The first-order valence-corrected chi connectivity index (χ1v) is 6.91. The van der Waals surface area contributed by atoms with Gasteiger partial charge in [-0.05, 0) is 24.5 Å². The van der Waals surface area contributed by atoms with E-state index in [1.54, 1.807) is 4.57 Å². The van der Waals surface area contributed by atoms with E-state index in [4.69, 9.17) is 23.2 Å². The molecule has 0 amide bonds. The van der Waals surface area contributed by atoms with Crippen LogP contribution < -0.4 is 5.56 Å². The molecule has 0 radical (unpaired) electrons. The first-order chi connectivity index (χ1) is 9.15. The summed E-state index contributed by atoms with van der Waals surface area (Å²) in [6, 6.07) is 8.87. The van der Waals surface area contributed by atoms with Crippen LogP contribution in [0.25, 0.3) is 0 Å². The summed E-state index contributed by atoms with van der Waals surface area (Å²) in [6.45, 7) is 0.439. The first kappa shape index (κ1) is 12.7. The Balaban J connectivity index is 2.05. The minimum atomic E-state index is -0.123. The summed E-state index contributed by atoms with van der Waals surface area (Å²) in [6.07, 6.45) is 2.13. The van der Waals surface area contributed by atoms with Gasteiger partial charge in [0.2, 0.25) is 0 Å². The molecule has 1 aliphatic carbocycles. The van der Waals surface area contributed by atoms with Gasteiger partial charge in [0.15, 0.2) is 0 Å². The van der Waals surface area contributed by atoms with Gasteiger partial charge in [-0.2, -0.15) is 0 Å². The quantitative estimate of drug-likeness (QED) is 0.813. The van der Waals surface area contributed by atoms with Crippen molar-refractivity contribution < 1.29 is 0 Å². The van der Waals surface area contributed by atoms with Crippen LogP contribution in [0.15, 0.2) is 35.1 Å². The maximum atomic E-state index is 12.1. The lowest BCUT2D eigenvalue weighted by Gasteiger charge is -2.12. The lowest BCUT2D eigenvalue weighted by molar-refractivity contribution is 0.669. The molecule has 0 aliphatic heterocycles. The van der Waals surface area contributed by atoms with Crippen LogP contribution in [0.3, 0.4) is 0 Å². The van der Waals surface area contributed by atoms with E-state index in [1.807, 2.05) is 24.3 Å². The lowest BCUT2D eigenvalue weighted by Crippen LogP contribution is -2.24. The van der Waals surface area contributed by atoms with E-state index in [-0.39, 0.29) is 10.7 Å². The molecule has 1 aromatic heterocycles. The van der Waals surface area contributed by atoms with Gasteiger partial charge >= 0.3 is 0 Å². The van der Waals surface area contributed by atoms with Crippen molar-refractivity contribution in [1.82, 2.24) is 9.55 Å². The zero-order chi connectivity index (χ0) is 13.4. The molecule has 5 heteroatoms. The molecule has 0 N–H and O–H groups in total. The number of benzene rings is 1. The van der Waals surface area contributed by atoms with Crippen molar-refractivity contribution in [1.29, 1.82) is 0 Å². The number of nitrogens with zero attached hydrogens (tertiary/aromatic N) is 2. The molecule has 1 fully saturated rings. The molecule has 3 nitrogen and oxygen atoms in total. The highest BCUT2D eigenvalue weighted by molar-refractivity contribution is 6.31. The summed E-state index contributed by atoms with van der Waals surface area (Å²) >= 11 is 12.0. The monoisotopic (exact) mass is 294 g/mol. The SMILES string of the molecule is O=c1cc(Cl)nc(C2CC2)n1Cc1ccccc1Cl. The standard InChI is InChI=1S/C14H12Cl2N2O/c15-11-4-2-1-3-10(11)8-18-13(19)7-12(16)17-14(18)9-5-6-9/h1-4,7,9H,5-6,8H2. The molecule has 2 aromatic rings. The van der Waals surface area contributed by atoms with E-state index in [0.29, 0.717) is 17.5 Å². The topological polar surface area (TPSA) is 34.9 Å². The van der Waals surface area contributed by atoms with E-state index in [9.17, 15) is 4.79 Å². The van der Waals surface area contributed by atoms with Gasteiger partial charge < -0.3 is 0 Å². The Labute approximate surface area is 120 Å². The van der Waals surface area contributed by atoms with E-state index >= 15 is 0 Å². The van der Waals surface area contributed by atoms with Crippen molar-refractivity contribution in [2.45, 2.75) is 25.3 Å². The number of halogens is 2. The molecule has 98 valence electrons. The van der Waals surface area contributed by atoms with Crippen LogP contribution in [0.4, 0.5) is 0 Å². The second-order valence-electron chi connectivity index (χ2n) is 4.73. The Bertz CT molecular complexity index is 677. The summed E-state index contributed by atoms with van der Waals surface area (Å²) in [4.78, 5) is 16.4. The maximum absolute atomic E-state index is 12.1. The number of hydrogen-bond acceptors (Lipinski definition) is 2. The molecule has 1 saturated carbocycles. The van der Waals surface area contributed by atoms with Gasteiger partial charge in [-0.15, -0.1) is 0 Å². The summed E-state index contributed by atoms with van der Waals surface area (Å²) in [7, 11) is 0. The summed E-state index contributed by atoms with van der Waals surface area (Å²) in [5.74, 6) is 1.13. The van der Waals surface area contributed by atoms with Crippen molar-refractivity contribution in [3.63, 3.8) is 0 Å². The highest BCUT2D eigenvalue weighted by Crippen LogP contribution is 2.39. The second-order valence-corrected chi connectivity index (χ2v) is 5.52. The number of aromatic nitrogens is 2.